The number of amides is 1. The molecule has 5 heteroatoms. The molecule has 2 heterocycles. The highest BCUT2D eigenvalue weighted by Gasteiger charge is 2.19. The number of nitrogens with zero attached hydrogens (tertiary/aromatic N) is 3. The molecule has 0 spiro atoms. The third kappa shape index (κ3) is 3.85. The molecule has 0 unspecified atom stereocenters. The first-order valence-electron chi connectivity index (χ1n) is 9.42. The van der Waals surface area contributed by atoms with Crippen LogP contribution in [0.25, 0.3) is 10.2 Å². The monoisotopic (exact) mass is 389 g/mol. The van der Waals surface area contributed by atoms with Gasteiger partial charge in [0.1, 0.15) is 4.83 Å². The first-order chi connectivity index (χ1) is 13.6. The Morgan fingerprint density at radius 1 is 1.04 bits per heavy atom. The lowest BCUT2D eigenvalue weighted by Gasteiger charge is -2.16. The van der Waals surface area contributed by atoms with E-state index in [1.807, 2.05) is 66.0 Å². The van der Waals surface area contributed by atoms with Gasteiger partial charge in [-0.25, -0.2) is 0 Å². The Kier molecular flexibility index (Phi) is 5.26. The average Bonchev–Trinajstić information content (AvgIpc) is 3.28. The lowest BCUT2D eigenvalue weighted by molar-refractivity contribution is 0.0801. The SMILES string of the molecule is Cc1nn(Cc2ccccc2)c2sc(C(=O)N(C)CCc3ccccc3)cc12. The van der Waals surface area contributed by atoms with E-state index in [0.29, 0.717) is 13.1 Å². The summed E-state index contributed by atoms with van der Waals surface area (Å²) in [5, 5.41) is 5.74. The van der Waals surface area contributed by atoms with Gasteiger partial charge in [0.25, 0.3) is 5.91 Å². The van der Waals surface area contributed by atoms with Crippen LogP contribution in [0.1, 0.15) is 26.5 Å². The Bertz CT molecular complexity index is 1080. The number of thiophene rings is 1. The van der Waals surface area contributed by atoms with Crippen molar-refractivity contribution in [2.75, 3.05) is 13.6 Å². The van der Waals surface area contributed by atoms with E-state index in [2.05, 4.69) is 29.4 Å². The molecule has 0 saturated carbocycles. The maximum absolute atomic E-state index is 12.9. The van der Waals surface area contributed by atoms with Crippen LogP contribution < -0.4 is 0 Å². The van der Waals surface area contributed by atoms with Gasteiger partial charge in [-0.05, 0) is 30.5 Å². The van der Waals surface area contributed by atoms with Crippen molar-refractivity contribution in [2.24, 2.45) is 0 Å². The van der Waals surface area contributed by atoms with E-state index in [0.717, 1.165) is 27.2 Å². The van der Waals surface area contributed by atoms with Gasteiger partial charge in [-0.2, -0.15) is 5.10 Å². The normalized spacial score (nSPS) is 11.1. The predicted octanol–water partition coefficient (Wildman–Crippen LogP) is 4.77. The standard InChI is InChI=1S/C23H23N3OS/c1-17-20-15-21(22(27)25(2)14-13-18-9-5-3-6-10-18)28-23(20)26(24-17)16-19-11-7-4-8-12-19/h3-12,15H,13-14,16H2,1-2H3. The summed E-state index contributed by atoms with van der Waals surface area (Å²) in [4.78, 5) is 16.6. The van der Waals surface area contributed by atoms with Crippen LogP contribution in [0.15, 0.2) is 66.7 Å². The molecule has 4 aromatic rings. The molecule has 0 saturated heterocycles. The predicted molar refractivity (Wildman–Crippen MR) is 115 cm³/mol. The zero-order valence-electron chi connectivity index (χ0n) is 16.1. The highest BCUT2D eigenvalue weighted by molar-refractivity contribution is 7.20. The van der Waals surface area contributed by atoms with Crippen LogP contribution in [-0.2, 0) is 13.0 Å². The Morgan fingerprint density at radius 3 is 2.36 bits per heavy atom. The second kappa shape index (κ2) is 7.98. The highest BCUT2D eigenvalue weighted by atomic mass is 32.1. The quantitative estimate of drug-likeness (QED) is 0.476. The van der Waals surface area contributed by atoms with Crippen LogP contribution >= 0.6 is 11.3 Å². The van der Waals surface area contributed by atoms with Gasteiger partial charge in [-0.1, -0.05) is 60.7 Å². The summed E-state index contributed by atoms with van der Waals surface area (Å²) in [6, 6.07) is 22.5. The van der Waals surface area contributed by atoms with Crippen LogP contribution in [0.5, 0.6) is 0 Å². The summed E-state index contributed by atoms with van der Waals surface area (Å²) in [6.45, 7) is 3.42. The van der Waals surface area contributed by atoms with Crippen LogP contribution in [0.4, 0.5) is 0 Å². The Balaban J connectivity index is 1.52. The smallest absolute Gasteiger partial charge is 0.263 e. The average molecular weight is 390 g/mol. The summed E-state index contributed by atoms with van der Waals surface area (Å²) in [7, 11) is 1.87. The third-order valence-electron chi connectivity index (χ3n) is 4.92. The maximum Gasteiger partial charge on any atom is 0.263 e. The van der Waals surface area contributed by atoms with Crippen molar-refractivity contribution < 1.29 is 4.79 Å². The number of aryl methyl sites for hydroxylation is 1. The molecular weight excluding hydrogens is 366 g/mol. The van der Waals surface area contributed by atoms with Crippen molar-refractivity contribution in [3.05, 3.63) is 88.4 Å². The van der Waals surface area contributed by atoms with E-state index < -0.39 is 0 Å². The molecule has 0 atom stereocenters. The minimum atomic E-state index is 0.0720. The number of fused-ring (bicyclic) bond motifs is 1. The summed E-state index contributed by atoms with van der Waals surface area (Å²) in [6.07, 6.45) is 0.856. The summed E-state index contributed by atoms with van der Waals surface area (Å²) >= 11 is 1.53. The van der Waals surface area contributed by atoms with Crippen molar-refractivity contribution in [1.29, 1.82) is 0 Å². The zero-order chi connectivity index (χ0) is 19.5. The van der Waals surface area contributed by atoms with Crippen molar-refractivity contribution >= 4 is 27.5 Å². The topological polar surface area (TPSA) is 38.1 Å². The molecular formula is C23H23N3OS. The second-order valence-corrected chi connectivity index (χ2v) is 8.05. The van der Waals surface area contributed by atoms with Crippen LogP contribution in [0, 0.1) is 6.92 Å². The van der Waals surface area contributed by atoms with E-state index in [-0.39, 0.29) is 5.91 Å². The van der Waals surface area contributed by atoms with Crippen molar-refractivity contribution in [2.45, 2.75) is 19.9 Å². The van der Waals surface area contributed by atoms with E-state index in [1.165, 1.54) is 22.5 Å². The summed E-state index contributed by atoms with van der Waals surface area (Å²) in [5.41, 5.74) is 3.41. The van der Waals surface area contributed by atoms with Crippen LogP contribution in [0.3, 0.4) is 0 Å². The summed E-state index contributed by atoms with van der Waals surface area (Å²) < 4.78 is 2.01. The first-order valence-corrected chi connectivity index (χ1v) is 10.2. The molecule has 0 aliphatic rings. The first kappa shape index (κ1) is 18.4. The molecule has 0 N–H and O–H groups in total. The fourth-order valence-corrected chi connectivity index (χ4v) is 4.47. The minimum Gasteiger partial charge on any atom is -0.341 e. The molecule has 0 radical (unpaired) electrons. The largest absolute Gasteiger partial charge is 0.341 e. The van der Waals surface area contributed by atoms with Gasteiger partial charge in [-0.3, -0.25) is 9.48 Å². The fraction of sp³-hybridized carbons (Fsp3) is 0.217. The number of carbonyl (C=O) groups is 1. The van der Waals surface area contributed by atoms with E-state index >= 15 is 0 Å². The summed E-state index contributed by atoms with van der Waals surface area (Å²) in [5.74, 6) is 0.0720. The van der Waals surface area contributed by atoms with E-state index in [1.54, 1.807) is 0 Å². The van der Waals surface area contributed by atoms with E-state index in [9.17, 15) is 4.79 Å². The number of hydrogen-bond donors (Lipinski definition) is 0. The number of rotatable bonds is 6. The van der Waals surface area contributed by atoms with Gasteiger partial charge in [0.2, 0.25) is 0 Å². The fourth-order valence-electron chi connectivity index (χ4n) is 3.31. The third-order valence-corrected chi connectivity index (χ3v) is 6.06. The Hall–Kier alpha value is -2.92. The maximum atomic E-state index is 12.9. The molecule has 2 aromatic carbocycles. The highest BCUT2D eigenvalue weighted by Crippen LogP contribution is 2.29. The van der Waals surface area contributed by atoms with Gasteiger partial charge in [-0.15, -0.1) is 11.3 Å². The van der Waals surface area contributed by atoms with Crippen molar-refractivity contribution in [1.82, 2.24) is 14.7 Å². The lowest BCUT2D eigenvalue weighted by Crippen LogP contribution is -2.28. The molecule has 1 amide bonds. The number of benzene rings is 2. The van der Waals surface area contributed by atoms with Gasteiger partial charge in [0, 0.05) is 19.0 Å². The molecule has 4 nitrogen and oxygen atoms in total. The molecule has 2 aromatic heterocycles. The molecule has 0 aliphatic heterocycles. The number of aromatic nitrogens is 2. The molecule has 0 fully saturated rings. The number of hydrogen-bond acceptors (Lipinski definition) is 3. The van der Waals surface area contributed by atoms with Gasteiger partial charge in [0.05, 0.1) is 17.1 Å². The van der Waals surface area contributed by atoms with Gasteiger partial charge < -0.3 is 4.90 Å². The van der Waals surface area contributed by atoms with Gasteiger partial charge in [0.15, 0.2) is 0 Å². The van der Waals surface area contributed by atoms with Crippen molar-refractivity contribution in [3.63, 3.8) is 0 Å². The Labute approximate surface area is 169 Å². The Morgan fingerprint density at radius 2 is 1.68 bits per heavy atom. The molecule has 28 heavy (non-hydrogen) atoms. The van der Waals surface area contributed by atoms with Gasteiger partial charge >= 0.3 is 0 Å². The second-order valence-electron chi connectivity index (χ2n) is 7.02. The van der Waals surface area contributed by atoms with Crippen molar-refractivity contribution in [3.8, 4) is 0 Å². The molecule has 142 valence electrons. The number of likely N-dealkylation sites (N-methyl/N-ethyl adjacent to an activating group) is 1. The van der Waals surface area contributed by atoms with Crippen LogP contribution in [-0.4, -0.2) is 34.2 Å². The zero-order valence-corrected chi connectivity index (χ0v) is 16.9. The molecule has 0 bridgehead atoms. The number of carbonyl (C=O) groups excluding carboxylic acids is 1. The van der Waals surface area contributed by atoms with Crippen LogP contribution in [0.2, 0.25) is 0 Å². The van der Waals surface area contributed by atoms with E-state index in [4.69, 9.17) is 0 Å². The molecule has 0 aliphatic carbocycles. The minimum absolute atomic E-state index is 0.0720. The lowest BCUT2D eigenvalue weighted by atomic mass is 10.1. The molecule has 4 rings (SSSR count).